The van der Waals surface area contributed by atoms with Gasteiger partial charge in [0.2, 0.25) is 0 Å². The molecular weight excluding hydrogens is 254 g/mol. The molecule has 1 aromatic carbocycles. The first-order chi connectivity index (χ1) is 8.54. The molecule has 4 nitrogen and oxygen atoms in total. The van der Waals surface area contributed by atoms with Crippen molar-refractivity contribution in [3.8, 4) is 0 Å². The molecule has 0 saturated carbocycles. The van der Waals surface area contributed by atoms with Crippen molar-refractivity contribution in [2.45, 2.75) is 6.42 Å². The number of aromatic nitrogens is 1. The van der Waals surface area contributed by atoms with Gasteiger partial charge >= 0.3 is 5.97 Å². The van der Waals surface area contributed by atoms with E-state index in [-0.39, 0.29) is 12.2 Å². The summed E-state index contributed by atoms with van der Waals surface area (Å²) < 4.78 is 6.27. The summed E-state index contributed by atoms with van der Waals surface area (Å²) in [6, 6.07) is 5.35. The highest BCUT2D eigenvalue weighted by Crippen LogP contribution is 2.28. The minimum Gasteiger partial charge on any atom is -0.469 e. The zero-order chi connectivity index (χ0) is 13.3. The zero-order valence-electron chi connectivity index (χ0n) is 10.1. The van der Waals surface area contributed by atoms with Crippen molar-refractivity contribution >= 4 is 34.3 Å². The van der Waals surface area contributed by atoms with Gasteiger partial charge in [0.25, 0.3) is 0 Å². The van der Waals surface area contributed by atoms with Crippen LogP contribution < -0.4 is 0 Å². The van der Waals surface area contributed by atoms with Crippen LogP contribution in [-0.4, -0.2) is 23.4 Å². The molecule has 0 saturated heterocycles. The molecule has 5 heteroatoms. The number of carbonyl (C=O) groups is 2. The van der Waals surface area contributed by atoms with Crippen LogP contribution in [0.25, 0.3) is 10.9 Å². The minimum atomic E-state index is -0.543. The van der Waals surface area contributed by atoms with E-state index in [0.717, 1.165) is 10.9 Å². The number of hydrogen-bond acceptors (Lipinski definition) is 3. The Morgan fingerprint density at radius 1 is 1.39 bits per heavy atom. The first-order valence-electron chi connectivity index (χ1n) is 5.38. The van der Waals surface area contributed by atoms with E-state index in [1.165, 1.54) is 7.11 Å². The van der Waals surface area contributed by atoms with Gasteiger partial charge in [0.15, 0.2) is 5.78 Å². The number of Topliss-reactive ketones (excluding diaryl/α,β-unsaturated/α-hetero) is 1. The highest BCUT2D eigenvalue weighted by molar-refractivity contribution is 6.35. The summed E-state index contributed by atoms with van der Waals surface area (Å²) in [5.74, 6) is -0.811. The van der Waals surface area contributed by atoms with Crippen LogP contribution in [0, 0.1) is 0 Å². The van der Waals surface area contributed by atoms with E-state index in [0.29, 0.717) is 10.6 Å². The van der Waals surface area contributed by atoms with Crippen LogP contribution in [0.4, 0.5) is 0 Å². The molecule has 2 aromatic rings. The lowest BCUT2D eigenvalue weighted by atomic mass is 10.1. The summed E-state index contributed by atoms with van der Waals surface area (Å²) in [4.78, 5) is 23.1. The monoisotopic (exact) mass is 265 g/mol. The number of para-hydroxylation sites is 1. The Hall–Kier alpha value is -1.81. The van der Waals surface area contributed by atoms with Crippen molar-refractivity contribution in [1.29, 1.82) is 0 Å². The number of esters is 1. The van der Waals surface area contributed by atoms with Gasteiger partial charge in [-0.25, -0.2) is 0 Å². The molecule has 0 atom stereocenters. The van der Waals surface area contributed by atoms with Gasteiger partial charge in [-0.3, -0.25) is 9.59 Å². The van der Waals surface area contributed by atoms with Crippen molar-refractivity contribution in [3.63, 3.8) is 0 Å². The minimum absolute atomic E-state index is 0.262. The molecular formula is C13H12ClNO3. The Bertz CT molecular complexity index is 630. The van der Waals surface area contributed by atoms with E-state index >= 15 is 0 Å². The number of rotatable bonds is 3. The van der Waals surface area contributed by atoms with Gasteiger partial charge in [-0.15, -0.1) is 0 Å². The van der Waals surface area contributed by atoms with Crippen LogP contribution in [0.5, 0.6) is 0 Å². The van der Waals surface area contributed by atoms with E-state index in [9.17, 15) is 9.59 Å². The fraction of sp³-hybridized carbons (Fsp3) is 0.231. The van der Waals surface area contributed by atoms with Gasteiger partial charge in [-0.05, 0) is 6.07 Å². The predicted molar refractivity (Wildman–Crippen MR) is 68.9 cm³/mol. The van der Waals surface area contributed by atoms with Crippen LogP contribution >= 0.6 is 11.6 Å². The van der Waals surface area contributed by atoms with Crippen molar-refractivity contribution in [1.82, 2.24) is 4.57 Å². The molecule has 94 valence electrons. The van der Waals surface area contributed by atoms with Gasteiger partial charge in [0.05, 0.1) is 17.6 Å². The van der Waals surface area contributed by atoms with Crippen molar-refractivity contribution < 1.29 is 14.3 Å². The molecule has 0 radical (unpaired) electrons. The normalized spacial score (nSPS) is 10.6. The number of benzene rings is 1. The lowest BCUT2D eigenvalue weighted by Gasteiger charge is -1.99. The van der Waals surface area contributed by atoms with Crippen LogP contribution in [0.2, 0.25) is 5.02 Å². The second kappa shape index (κ2) is 4.82. The Balaban J connectivity index is 2.49. The van der Waals surface area contributed by atoms with Gasteiger partial charge in [0, 0.05) is 24.2 Å². The Morgan fingerprint density at radius 2 is 2.11 bits per heavy atom. The number of fused-ring (bicyclic) bond motifs is 1. The largest absolute Gasteiger partial charge is 0.469 e. The first kappa shape index (κ1) is 12.6. The molecule has 0 aliphatic rings. The first-order valence-corrected chi connectivity index (χ1v) is 5.76. The molecule has 0 N–H and O–H groups in total. The second-order valence-corrected chi connectivity index (χ2v) is 4.37. The Morgan fingerprint density at radius 3 is 2.78 bits per heavy atom. The van der Waals surface area contributed by atoms with Crippen LogP contribution in [0.1, 0.15) is 16.8 Å². The predicted octanol–water partition coefficient (Wildman–Crippen LogP) is 2.58. The number of carbonyl (C=O) groups excluding carboxylic acids is 2. The third-order valence-corrected chi connectivity index (χ3v) is 3.09. The molecule has 0 aliphatic heterocycles. The van der Waals surface area contributed by atoms with Crippen LogP contribution in [-0.2, 0) is 16.6 Å². The maximum absolute atomic E-state index is 12.0. The van der Waals surface area contributed by atoms with Crippen molar-refractivity contribution in [2.24, 2.45) is 7.05 Å². The maximum atomic E-state index is 12.0. The van der Waals surface area contributed by atoms with Crippen molar-refractivity contribution in [2.75, 3.05) is 7.11 Å². The Labute approximate surface area is 109 Å². The SMILES string of the molecule is COC(=O)CC(=O)c1cn(C)c2c(Cl)cccc12. The molecule has 0 unspecified atom stereocenters. The molecule has 2 rings (SSSR count). The summed E-state index contributed by atoms with van der Waals surface area (Å²) >= 11 is 6.09. The van der Waals surface area contributed by atoms with Gasteiger partial charge < -0.3 is 9.30 Å². The van der Waals surface area contributed by atoms with Gasteiger partial charge in [0.1, 0.15) is 6.42 Å². The van der Waals surface area contributed by atoms with E-state index in [1.807, 2.05) is 13.1 Å². The average molecular weight is 266 g/mol. The molecule has 1 heterocycles. The number of halogens is 1. The summed E-state index contributed by atoms with van der Waals surface area (Å²) in [6.45, 7) is 0. The number of methoxy groups -OCH3 is 1. The third kappa shape index (κ3) is 2.11. The summed E-state index contributed by atoms with van der Waals surface area (Å²) in [5.41, 5.74) is 1.27. The molecule has 0 bridgehead atoms. The number of nitrogens with zero attached hydrogens (tertiary/aromatic N) is 1. The summed E-state index contributed by atoms with van der Waals surface area (Å²) in [6.07, 6.45) is 1.42. The number of ketones is 1. The standard InChI is InChI=1S/C13H12ClNO3/c1-15-7-9(11(16)6-12(17)18-2)8-4-3-5-10(14)13(8)15/h3-5,7H,6H2,1-2H3. The Kier molecular flexibility index (Phi) is 3.39. The zero-order valence-corrected chi connectivity index (χ0v) is 10.8. The quantitative estimate of drug-likeness (QED) is 0.487. The molecule has 0 spiro atoms. The number of aryl methyl sites for hydroxylation is 1. The summed E-state index contributed by atoms with van der Waals surface area (Å²) in [5, 5.41) is 1.33. The molecule has 18 heavy (non-hydrogen) atoms. The number of hydrogen-bond donors (Lipinski definition) is 0. The summed E-state index contributed by atoms with van der Waals surface area (Å²) in [7, 11) is 3.07. The van der Waals surface area contributed by atoms with Gasteiger partial charge in [-0.1, -0.05) is 23.7 Å². The third-order valence-electron chi connectivity index (χ3n) is 2.79. The fourth-order valence-electron chi connectivity index (χ4n) is 1.94. The fourth-order valence-corrected chi connectivity index (χ4v) is 2.25. The van der Waals surface area contributed by atoms with E-state index in [1.54, 1.807) is 22.9 Å². The van der Waals surface area contributed by atoms with Crippen LogP contribution in [0.15, 0.2) is 24.4 Å². The highest BCUT2D eigenvalue weighted by atomic mass is 35.5. The van der Waals surface area contributed by atoms with E-state index in [4.69, 9.17) is 11.6 Å². The molecule has 0 amide bonds. The van der Waals surface area contributed by atoms with Gasteiger partial charge in [-0.2, -0.15) is 0 Å². The lowest BCUT2D eigenvalue weighted by molar-refractivity contribution is -0.139. The van der Waals surface area contributed by atoms with Crippen LogP contribution in [0.3, 0.4) is 0 Å². The average Bonchev–Trinajstić information content (AvgIpc) is 2.68. The topological polar surface area (TPSA) is 48.3 Å². The molecule has 0 aliphatic carbocycles. The molecule has 1 aromatic heterocycles. The molecule has 0 fully saturated rings. The van der Waals surface area contributed by atoms with Crippen molar-refractivity contribution in [3.05, 3.63) is 35.0 Å². The van der Waals surface area contributed by atoms with E-state index in [2.05, 4.69) is 4.74 Å². The van der Waals surface area contributed by atoms with E-state index < -0.39 is 5.97 Å². The smallest absolute Gasteiger partial charge is 0.313 e. The second-order valence-electron chi connectivity index (χ2n) is 3.97. The lowest BCUT2D eigenvalue weighted by Crippen LogP contribution is -2.09. The maximum Gasteiger partial charge on any atom is 0.313 e. The highest BCUT2D eigenvalue weighted by Gasteiger charge is 2.18. The number of ether oxygens (including phenoxy) is 1.